The Balaban J connectivity index is 2.62. The highest BCUT2D eigenvalue weighted by molar-refractivity contribution is 5.79. The van der Waals surface area contributed by atoms with Gasteiger partial charge in [0.1, 0.15) is 25.4 Å². The second-order valence-corrected chi connectivity index (χ2v) is 9.20. The van der Waals surface area contributed by atoms with Crippen molar-refractivity contribution >= 4 is 35.8 Å². The van der Waals surface area contributed by atoms with Crippen molar-refractivity contribution in [2.24, 2.45) is 0 Å². The van der Waals surface area contributed by atoms with Gasteiger partial charge in [0.2, 0.25) is 5.91 Å². The standard InChI is InChI=1S/C27H35NO13/c1-15(29)28-23-21(38-17(3)31)12-27(35-6,26(34)37-13-20-10-8-7-9-11-20)41-25(23)24(40-19(5)33)22(39-18(4)32)14-36-16(2)30/h7-11,21-25H,12-14H2,1-6H3,(H,28,29)/t21-,22+,23+,24+,25+,27+/m0/s1. The Labute approximate surface area is 236 Å². The minimum Gasteiger partial charge on any atom is -0.462 e. The molecule has 1 heterocycles. The van der Waals surface area contributed by atoms with E-state index in [0.29, 0.717) is 5.56 Å². The maximum atomic E-state index is 13.5. The van der Waals surface area contributed by atoms with Crippen LogP contribution in [0.3, 0.4) is 0 Å². The van der Waals surface area contributed by atoms with Crippen LogP contribution >= 0.6 is 0 Å². The van der Waals surface area contributed by atoms with Gasteiger partial charge < -0.3 is 38.5 Å². The van der Waals surface area contributed by atoms with E-state index >= 15 is 0 Å². The first-order valence-corrected chi connectivity index (χ1v) is 12.6. The number of methoxy groups -OCH3 is 1. The third-order valence-electron chi connectivity index (χ3n) is 5.85. The van der Waals surface area contributed by atoms with Crippen molar-refractivity contribution in [2.75, 3.05) is 13.7 Å². The lowest BCUT2D eigenvalue weighted by Gasteiger charge is -2.48. The molecule has 1 aromatic carbocycles. The average molecular weight is 582 g/mol. The first kappa shape index (κ1) is 33.2. The molecular weight excluding hydrogens is 546 g/mol. The summed E-state index contributed by atoms with van der Waals surface area (Å²) in [6, 6.07) is 7.47. The second-order valence-electron chi connectivity index (χ2n) is 9.20. The van der Waals surface area contributed by atoms with E-state index in [1.807, 2.05) is 0 Å². The van der Waals surface area contributed by atoms with Crippen LogP contribution in [0.15, 0.2) is 30.3 Å². The summed E-state index contributed by atoms with van der Waals surface area (Å²) in [4.78, 5) is 73.5. The number of hydrogen-bond donors (Lipinski definition) is 1. The van der Waals surface area contributed by atoms with Gasteiger partial charge in [0, 0.05) is 41.7 Å². The molecule has 1 N–H and O–H groups in total. The summed E-state index contributed by atoms with van der Waals surface area (Å²) >= 11 is 0. The van der Waals surface area contributed by atoms with Gasteiger partial charge in [-0.2, -0.15) is 0 Å². The third-order valence-corrected chi connectivity index (χ3v) is 5.85. The van der Waals surface area contributed by atoms with Gasteiger partial charge in [-0.1, -0.05) is 30.3 Å². The molecule has 226 valence electrons. The van der Waals surface area contributed by atoms with Crippen LogP contribution in [-0.4, -0.2) is 85.7 Å². The van der Waals surface area contributed by atoms with Gasteiger partial charge in [0.05, 0.1) is 12.5 Å². The predicted octanol–water partition coefficient (Wildman–Crippen LogP) is 0.724. The van der Waals surface area contributed by atoms with E-state index in [1.165, 1.54) is 6.92 Å². The van der Waals surface area contributed by atoms with Crippen molar-refractivity contribution in [3.63, 3.8) is 0 Å². The van der Waals surface area contributed by atoms with Crippen molar-refractivity contribution in [3.8, 4) is 0 Å². The van der Waals surface area contributed by atoms with Crippen molar-refractivity contribution in [3.05, 3.63) is 35.9 Å². The van der Waals surface area contributed by atoms with Crippen molar-refractivity contribution in [1.29, 1.82) is 0 Å². The number of hydrogen-bond acceptors (Lipinski definition) is 13. The van der Waals surface area contributed by atoms with Crippen LogP contribution in [-0.2, 0) is 68.5 Å². The lowest BCUT2D eigenvalue weighted by atomic mass is 9.88. The molecule has 14 heteroatoms. The molecular formula is C27H35NO13. The van der Waals surface area contributed by atoms with Crippen molar-refractivity contribution in [1.82, 2.24) is 5.32 Å². The van der Waals surface area contributed by atoms with Crippen LogP contribution in [0.5, 0.6) is 0 Å². The van der Waals surface area contributed by atoms with E-state index in [-0.39, 0.29) is 6.61 Å². The minimum atomic E-state index is -2.24. The fourth-order valence-corrected chi connectivity index (χ4v) is 4.29. The van der Waals surface area contributed by atoms with Gasteiger partial charge >= 0.3 is 29.8 Å². The molecule has 2 rings (SSSR count). The summed E-state index contributed by atoms with van der Waals surface area (Å²) in [6.07, 6.45) is -6.38. The molecule has 0 bridgehead atoms. The number of benzene rings is 1. The average Bonchev–Trinajstić information content (AvgIpc) is 2.89. The zero-order valence-electron chi connectivity index (χ0n) is 23.7. The molecule has 0 aliphatic carbocycles. The topological polar surface area (TPSA) is 179 Å². The van der Waals surface area contributed by atoms with E-state index in [4.69, 9.17) is 33.2 Å². The summed E-state index contributed by atoms with van der Waals surface area (Å²) < 4.78 is 38.3. The first-order valence-electron chi connectivity index (χ1n) is 12.6. The molecule has 1 fully saturated rings. The quantitative estimate of drug-likeness (QED) is 0.270. The van der Waals surface area contributed by atoms with E-state index < -0.39 is 85.0 Å². The molecule has 1 aromatic rings. The second kappa shape index (κ2) is 15.1. The van der Waals surface area contributed by atoms with Crippen LogP contribution in [0.2, 0.25) is 0 Å². The Morgan fingerprint density at radius 1 is 0.902 bits per heavy atom. The number of amides is 1. The predicted molar refractivity (Wildman–Crippen MR) is 136 cm³/mol. The molecule has 0 spiro atoms. The maximum absolute atomic E-state index is 13.5. The molecule has 1 aliphatic heterocycles. The minimum absolute atomic E-state index is 0.165. The number of nitrogens with one attached hydrogen (secondary N) is 1. The third kappa shape index (κ3) is 9.83. The number of ether oxygens (including phenoxy) is 7. The monoisotopic (exact) mass is 581 g/mol. The van der Waals surface area contributed by atoms with Crippen LogP contribution < -0.4 is 5.32 Å². The highest BCUT2D eigenvalue weighted by Gasteiger charge is 2.59. The molecule has 1 amide bonds. The normalized spacial score (nSPS) is 23.2. The van der Waals surface area contributed by atoms with E-state index in [1.54, 1.807) is 30.3 Å². The Bertz CT molecular complexity index is 1110. The van der Waals surface area contributed by atoms with Gasteiger partial charge in [0.25, 0.3) is 5.79 Å². The Morgan fingerprint density at radius 3 is 2.05 bits per heavy atom. The Kier molecular flexibility index (Phi) is 12.2. The van der Waals surface area contributed by atoms with E-state index in [2.05, 4.69) is 5.32 Å². The molecule has 1 saturated heterocycles. The number of carbonyl (C=O) groups excluding carboxylic acids is 6. The zero-order valence-corrected chi connectivity index (χ0v) is 23.7. The summed E-state index contributed by atoms with van der Waals surface area (Å²) in [5, 5.41) is 2.58. The highest BCUT2D eigenvalue weighted by atomic mass is 16.7. The van der Waals surface area contributed by atoms with Crippen LogP contribution in [0.1, 0.15) is 46.6 Å². The fraction of sp³-hybridized carbons (Fsp3) is 0.556. The largest absolute Gasteiger partial charge is 0.462 e. The summed E-state index contributed by atoms with van der Waals surface area (Å²) in [6.45, 7) is 4.78. The number of carbonyl (C=O) groups is 6. The first-order chi connectivity index (χ1) is 19.3. The highest BCUT2D eigenvalue weighted by Crippen LogP contribution is 2.37. The van der Waals surface area contributed by atoms with E-state index in [9.17, 15) is 28.8 Å². The molecule has 14 nitrogen and oxygen atoms in total. The number of esters is 5. The molecule has 1 aliphatic rings. The Morgan fingerprint density at radius 2 is 1.54 bits per heavy atom. The molecule has 0 saturated carbocycles. The smallest absolute Gasteiger partial charge is 0.367 e. The lowest BCUT2D eigenvalue weighted by molar-refractivity contribution is -0.308. The van der Waals surface area contributed by atoms with Crippen LogP contribution in [0.25, 0.3) is 0 Å². The Hall–Kier alpha value is -4.04. The fourth-order valence-electron chi connectivity index (χ4n) is 4.29. The SMILES string of the molecule is CO[C@]1(C(=O)OCc2ccccc2)C[C@H](OC(C)=O)[C@@H](NC(C)=O)[C@H]([C@H](OC(C)=O)[C@@H](COC(C)=O)OC(C)=O)O1. The maximum Gasteiger partial charge on any atom is 0.367 e. The molecule has 41 heavy (non-hydrogen) atoms. The summed E-state index contributed by atoms with van der Waals surface area (Å²) in [5.41, 5.74) is 0.654. The molecule has 0 aromatic heterocycles. The van der Waals surface area contributed by atoms with E-state index in [0.717, 1.165) is 34.8 Å². The van der Waals surface area contributed by atoms with Gasteiger partial charge in [-0.15, -0.1) is 0 Å². The van der Waals surface area contributed by atoms with Gasteiger partial charge in [0.15, 0.2) is 12.2 Å². The molecule has 0 radical (unpaired) electrons. The summed E-state index contributed by atoms with van der Waals surface area (Å²) in [7, 11) is 1.15. The van der Waals surface area contributed by atoms with Crippen molar-refractivity contribution in [2.45, 2.75) is 83.9 Å². The van der Waals surface area contributed by atoms with Gasteiger partial charge in [-0.05, 0) is 5.56 Å². The van der Waals surface area contributed by atoms with Gasteiger partial charge in [-0.25, -0.2) is 4.79 Å². The zero-order chi connectivity index (χ0) is 30.7. The molecule has 0 unspecified atom stereocenters. The van der Waals surface area contributed by atoms with Crippen LogP contribution in [0, 0.1) is 0 Å². The number of rotatable bonds is 12. The van der Waals surface area contributed by atoms with Crippen molar-refractivity contribution < 1.29 is 61.9 Å². The van der Waals surface area contributed by atoms with Crippen LogP contribution in [0.4, 0.5) is 0 Å². The molecule has 6 atom stereocenters. The summed E-state index contributed by atoms with van der Waals surface area (Å²) in [5.74, 6) is -7.06. The van der Waals surface area contributed by atoms with Gasteiger partial charge in [-0.3, -0.25) is 24.0 Å². The lowest BCUT2D eigenvalue weighted by Crippen LogP contribution is -2.69.